The van der Waals surface area contributed by atoms with E-state index in [9.17, 15) is 0 Å². The zero-order valence-corrected chi connectivity index (χ0v) is 22.8. The average molecular weight is 498 g/mol. The molecule has 2 bridgehead atoms. The van der Waals surface area contributed by atoms with Crippen molar-refractivity contribution in [2.45, 2.75) is 39.5 Å². The molecule has 3 heterocycles. The van der Waals surface area contributed by atoms with Crippen LogP contribution in [-0.2, 0) is 0 Å². The topological polar surface area (TPSA) is 79.6 Å². The lowest BCUT2D eigenvalue weighted by molar-refractivity contribution is 0.504. The third kappa shape index (κ3) is 5.61. The van der Waals surface area contributed by atoms with Crippen molar-refractivity contribution in [2.24, 2.45) is 10.9 Å². The number of nitrogens with zero attached hydrogens (tertiary/aromatic N) is 4. The minimum atomic E-state index is 0.464. The van der Waals surface area contributed by atoms with Gasteiger partial charge in [0.2, 0.25) is 5.96 Å². The Morgan fingerprint density at radius 3 is 2.73 bits per heavy atom. The van der Waals surface area contributed by atoms with Gasteiger partial charge in [-0.1, -0.05) is 32.6 Å². The van der Waals surface area contributed by atoms with Crippen LogP contribution in [0.3, 0.4) is 0 Å². The van der Waals surface area contributed by atoms with Crippen molar-refractivity contribution in [1.29, 1.82) is 5.41 Å². The Labute approximate surface area is 221 Å². The summed E-state index contributed by atoms with van der Waals surface area (Å²) in [5.74, 6) is 1.25. The van der Waals surface area contributed by atoms with Gasteiger partial charge in [0.05, 0.1) is 22.8 Å². The summed E-state index contributed by atoms with van der Waals surface area (Å²) in [5.41, 5.74) is 9.26. The minimum Gasteiger partial charge on any atom is -0.391 e. The fraction of sp³-hybridized carbons (Fsp3) is 0.367. The maximum absolute atomic E-state index is 8.13. The first kappa shape index (κ1) is 26.2. The lowest BCUT2D eigenvalue weighted by atomic mass is 9.99. The first-order chi connectivity index (χ1) is 17.7. The quantitative estimate of drug-likeness (QED) is 0.454. The van der Waals surface area contributed by atoms with Crippen molar-refractivity contribution >= 4 is 40.5 Å². The molecule has 4 rings (SSSR count). The second-order valence-electron chi connectivity index (χ2n) is 10.2. The van der Waals surface area contributed by atoms with Crippen molar-refractivity contribution in [3.05, 3.63) is 71.7 Å². The van der Waals surface area contributed by atoms with Crippen LogP contribution < -0.4 is 15.5 Å². The summed E-state index contributed by atoms with van der Waals surface area (Å²) >= 11 is 0. The highest BCUT2D eigenvalue weighted by Crippen LogP contribution is 2.37. The Balaban J connectivity index is 1.81. The number of allylic oxidation sites excluding steroid dienone is 2. The molecule has 0 saturated heterocycles. The molecule has 2 aliphatic heterocycles. The molecular formula is C30H39N7. The van der Waals surface area contributed by atoms with Gasteiger partial charge in [-0.25, -0.2) is 4.99 Å². The number of rotatable bonds is 4. The van der Waals surface area contributed by atoms with E-state index in [0.717, 1.165) is 89.0 Å². The van der Waals surface area contributed by atoms with Crippen LogP contribution in [0.2, 0.25) is 0 Å². The molecule has 2 aromatic rings. The molecule has 0 fully saturated rings. The van der Waals surface area contributed by atoms with E-state index in [2.05, 4.69) is 53.8 Å². The van der Waals surface area contributed by atoms with Crippen molar-refractivity contribution in [2.75, 3.05) is 37.9 Å². The number of aromatic nitrogens is 1. The Morgan fingerprint density at radius 1 is 1.24 bits per heavy atom. The molecule has 37 heavy (non-hydrogen) atoms. The molecule has 2 aliphatic rings. The van der Waals surface area contributed by atoms with Gasteiger partial charge in [0.1, 0.15) is 0 Å². The van der Waals surface area contributed by atoms with E-state index < -0.39 is 0 Å². The number of guanidine groups is 1. The molecule has 0 unspecified atom stereocenters. The number of hydrogen-bond donors (Lipinski definition) is 3. The Morgan fingerprint density at radius 2 is 2.03 bits per heavy atom. The molecule has 0 amide bonds. The van der Waals surface area contributed by atoms with E-state index in [0.29, 0.717) is 11.6 Å². The number of fused-ring (bicyclic) bond motifs is 5. The first-order valence-electron chi connectivity index (χ1n) is 13.0. The summed E-state index contributed by atoms with van der Waals surface area (Å²) in [6.45, 7) is 13.7. The van der Waals surface area contributed by atoms with Gasteiger partial charge in [-0.2, -0.15) is 0 Å². The summed E-state index contributed by atoms with van der Waals surface area (Å²) in [6, 6.07) is 10.4. The summed E-state index contributed by atoms with van der Waals surface area (Å²) in [4.78, 5) is 14.1. The van der Waals surface area contributed by atoms with E-state index in [-0.39, 0.29) is 0 Å². The molecule has 194 valence electrons. The SMILES string of the molecule is C=C1/N=C2\Nc3ccc(C(=C)N(C)C)cc3N2C[C@H](C)CCCC/C(NC)=C(/C=N)c2cc1cc(C)n2. The van der Waals surface area contributed by atoms with Crippen molar-refractivity contribution in [3.63, 3.8) is 0 Å². The summed E-state index contributed by atoms with van der Waals surface area (Å²) in [6.07, 6.45) is 5.54. The number of nitrogens with one attached hydrogen (secondary N) is 3. The predicted molar refractivity (Wildman–Crippen MR) is 158 cm³/mol. The van der Waals surface area contributed by atoms with E-state index in [1.54, 1.807) is 0 Å². The highest BCUT2D eigenvalue weighted by molar-refractivity contribution is 6.16. The molecule has 7 heteroatoms. The number of hydrogen-bond acceptors (Lipinski definition) is 7. The molecule has 1 aromatic carbocycles. The normalized spacial score (nSPS) is 21.4. The van der Waals surface area contributed by atoms with Crippen LogP contribution in [0.1, 0.15) is 55.1 Å². The van der Waals surface area contributed by atoms with Crippen LogP contribution in [0.25, 0.3) is 17.0 Å². The maximum atomic E-state index is 8.13. The molecule has 1 aromatic heterocycles. The number of pyridine rings is 1. The van der Waals surface area contributed by atoms with Crippen LogP contribution in [-0.4, -0.2) is 49.7 Å². The highest BCUT2D eigenvalue weighted by Gasteiger charge is 2.28. The van der Waals surface area contributed by atoms with Crippen LogP contribution in [0, 0.1) is 18.3 Å². The van der Waals surface area contributed by atoms with Crippen LogP contribution in [0.5, 0.6) is 0 Å². The molecule has 0 saturated carbocycles. The van der Waals surface area contributed by atoms with Gasteiger partial charge in [-0.05, 0) is 61.9 Å². The molecule has 3 N–H and O–H groups in total. The third-order valence-corrected chi connectivity index (χ3v) is 7.11. The lowest BCUT2D eigenvalue weighted by Crippen LogP contribution is -2.34. The van der Waals surface area contributed by atoms with Crippen molar-refractivity contribution < 1.29 is 0 Å². The zero-order chi connectivity index (χ0) is 26.7. The maximum Gasteiger partial charge on any atom is 0.208 e. The van der Waals surface area contributed by atoms with Gasteiger partial charge in [0.25, 0.3) is 0 Å². The van der Waals surface area contributed by atoms with Gasteiger partial charge in [0, 0.05) is 62.1 Å². The Hall–Kier alpha value is -3.87. The smallest absolute Gasteiger partial charge is 0.208 e. The largest absolute Gasteiger partial charge is 0.391 e. The number of aryl methyl sites for hydroxylation is 1. The van der Waals surface area contributed by atoms with Gasteiger partial charge in [-0.15, -0.1) is 0 Å². The molecule has 0 radical (unpaired) electrons. The third-order valence-electron chi connectivity index (χ3n) is 7.11. The second kappa shape index (κ2) is 11.0. The molecule has 7 nitrogen and oxygen atoms in total. The minimum absolute atomic E-state index is 0.464. The van der Waals surface area contributed by atoms with Crippen LogP contribution >= 0.6 is 0 Å². The monoisotopic (exact) mass is 497 g/mol. The molecule has 0 aliphatic carbocycles. The van der Waals surface area contributed by atoms with Gasteiger partial charge < -0.3 is 25.8 Å². The molecular weight excluding hydrogens is 458 g/mol. The number of aliphatic imine (C=N–C) groups is 1. The van der Waals surface area contributed by atoms with E-state index >= 15 is 0 Å². The molecule has 0 spiro atoms. The lowest BCUT2D eigenvalue weighted by Gasteiger charge is -2.24. The summed E-state index contributed by atoms with van der Waals surface area (Å²) < 4.78 is 0. The van der Waals surface area contributed by atoms with E-state index in [1.165, 1.54) is 6.21 Å². The van der Waals surface area contributed by atoms with Crippen LogP contribution in [0.15, 0.2) is 54.2 Å². The van der Waals surface area contributed by atoms with Gasteiger partial charge in [-0.3, -0.25) is 4.98 Å². The number of anilines is 2. The number of benzene rings is 1. The first-order valence-corrected chi connectivity index (χ1v) is 13.0. The van der Waals surface area contributed by atoms with E-state index in [4.69, 9.17) is 15.4 Å². The standard InChI is InChI=1S/C30H39N7/c1-19-10-8-9-11-26(32-5)25(17-31)28-15-24(14-20(2)33-28)21(3)34-30-35-27-13-12-23(22(4)36(6)7)16-29(27)37(30)18-19/h12-17,19,31-32H,3-4,8-11,18H2,1-2,5-7H3,(H,34,35)/b26-25+,31-17?/t19-/m1/s1. The second-order valence-corrected chi connectivity index (χ2v) is 10.2. The fourth-order valence-electron chi connectivity index (χ4n) is 4.95. The van der Waals surface area contributed by atoms with Crippen molar-refractivity contribution in [3.8, 4) is 0 Å². The van der Waals surface area contributed by atoms with E-state index in [1.807, 2.05) is 45.1 Å². The predicted octanol–water partition coefficient (Wildman–Crippen LogP) is 5.97. The Bertz CT molecular complexity index is 1280. The average Bonchev–Trinajstić information content (AvgIpc) is 3.20. The molecule has 1 atom stereocenters. The highest BCUT2D eigenvalue weighted by atomic mass is 15.4. The van der Waals surface area contributed by atoms with Gasteiger partial charge in [0.15, 0.2) is 0 Å². The fourth-order valence-corrected chi connectivity index (χ4v) is 4.95. The van der Waals surface area contributed by atoms with Gasteiger partial charge >= 0.3 is 0 Å². The summed E-state index contributed by atoms with van der Waals surface area (Å²) in [7, 11) is 5.95. The summed E-state index contributed by atoms with van der Waals surface area (Å²) in [5, 5.41) is 15.0. The zero-order valence-electron chi connectivity index (χ0n) is 22.8. The Kier molecular flexibility index (Phi) is 7.81. The van der Waals surface area contributed by atoms with Crippen molar-refractivity contribution in [1.82, 2.24) is 15.2 Å². The van der Waals surface area contributed by atoms with Crippen LogP contribution in [0.4, 0.5) is 11.4 Å².